The Bertz CT molecular complexity index is 916. The first-order chi connectivity index (χ1) is 18.8. The van der Waals surface area contributed by atoms with E-state index >= 15 is 0 Å². The number of carbonyl (C=O) groups is 1. The Labute approximate surface area is 237 Å². The highest BCUT2D eigenvalue weighted by molar-refractivity contribution is 8.00. The quantitative estimate of drug-likeness (QED) is 0.0491. The molecule has 5 atom stereocenters. The Morgan fingerprint density at radius 2 is 1.62 bits per heavy atom. The standard InChI is InChI=1S/C29H40F3O4P3/c30-29(31,32)23-15-5-1-2-11-20-27(36-39-38)21-12-4-3-10-18-26(35-37)19-13-7-14-22-28(33)34-24-25-16-8-6-9-17-25/h2-6,8-12,15-18,21,26-27,39H,1,7,13-14,19-20,22-24,37-38H2/b4-3+,11-2-,15-5-,18-10+,21-12-. The molecule has 0 bridgehead atoms. The molecule has 4 nitrogen and oxygen atoms in total. The van der Waals surface area contributed by atoms with Gasteiger partial charge in [0, 0.05) is 24.4 Å². The highest BCUT2D eigenvalue weighted by Crippen LogP contribution is 2.25. The topological polar surface area (TPSA) is 44.8 Å². The number of ether oxygens (including phenoxy) is 1. The maximum atomic E-state index is 12.1. The monoisotopic (exact) mass is 602 g/mol. The molecule has 1 aromatic carbocycles. The zero-order valence-electron chi connectivity index (χ0n) is 22.1. The third kappa shape index (κ3) is 21.8. The average molecular weight is 603 g/mol. The summed E-state index contributed by atoms with van der Waals surface area (Å²) in [6.45, 7) is 0.313. The van der Waals surface area contributed by atoms with E-state index in [9.17, 15) is 18.0 Å². The lowest BCUT2D eigenvalue weighted by molar-refractivity contribution is -0.145. The molecule has 0 aliphatic rings. The number of carbonyl (C=O) groups excluding carboxylic acids is 1. The summed E-state index contributed by atoms with van der Waals surface area (Å²) >= 11 is 0. The summed E-state index contributed by atoms with van der Waals surface area (Å²) in [6, 6.07) is 9.64. The third-order valence-corrected chi connectivity index (χ3v) is 6.51. The number of halogens is 3. The Morgan fingerprint density at radius 1 is 0.923 bits per heavy atom. The summed E-state index contributed by atoms with van der Waals surface area (Å²) < 4.78 is 52.7. The molecule has 0 fully saturated rings. The van der Waals surface area contributed by atoms with E-state index in [4.69, 9.17) is 13.8 Å². The average Bonchev–Trinajstić information content (AvgIpc) is 2.91. The number of allylic oxidation sites excluding steroid dienone is 7. The molecule has 39 heavy (non-hydrogen) atoms. The van der Waals surface area contributed by atoms with E-state index in [1.54, 1.807) is 0 Å². The molecule has 0 N–H and O–H groups in total. The predicted molar refractivity (Wildman–Crippen MR) is 162 cm³/mol. The largest absolute Gasteiger partial charge is 0.461 e. The van der Waals surface area contributed by atoms with Gasteiger partial charge in [0.2, 0.25) is 0 Å². The molecule has 1 rings (SSSR count). The zero-order chi connectivity index (χ0) is 28.6. The number of esters is 1. The molecule has 0 saturated heterocycles. The molecule has 0 aliphatic carbocycles. The van der Waals surface area contributed by atoms with Crippen LogP contribution in [-0.2, 0) is 25.2 Å². The van der Waals surface area contributed by atoms with Crippen LogP contribution in [-0.4, -0.2) is 24.4 Å². The van der Waals surface area contributed by atoms with E-state index in [0.717, 1.165) is 37.3 Å². The van der Waals surface area contributed by atoms with E-state index < -0.39 is 12.6 Å². The summed E-state index contributed by atoms with van der Waals surface area (Å²) in [6.07, 6.45) is 17.8. The molecule has 1 aromatic rings. The van der Waals surface area contributed by atoms with Crippen LogP contribution in [0.15, 0.2) is 91.1 Å². The van der Waals surface area contributed by atoms with Crippen molar-refractivity contribution in [2.75, 3.05) is 0 Å². The number of hydrogen-bond acceptors (Lipinski definition) is 4. The highest BCUT2D eigenvalue weighted by Gasteiger charge is 2.24. The normalized spacial score (nSPS) is 14.7. The van der Waals surface area contributed by atoms with Crippen molar-refractivity contribution in [1.82, 2.24) is 0 Å². The molecule has 0 spiro atoms. The lowest BCUT2D eigenvalue weighted by Gasteiger charge is -2.10. The summed E-state index contributed by atoms with van der Waals surface area (Å²) in [5.74, 6) is -0.172. The molecular weight excluding hydrogens is 562 g/mol. The van der Waals surface area contributed by atoms with Crippen molar-refractivity contribution in [3.63, 3.8) is 0 Å². The van der Waals surface area contributed by atoms with Crippen LogP contribution in [0.1, 0.15) is 56.9 Å². The minimum atomic E-state index is -4.16. The smallest absolute Gasteiger partial charge is 0.392 e. The zero-order valence-corrected chi connectivity index (χ0v) is 25.4. The fourth-order valence-corrected chi connectivity index (χ4v) is 4.39. The summed E-state index contributed by atoms with van der Waals surface area (Å²) in [5.41, 5.74) is 0.986. The lowest BCUT2D eigenvalue weighted by Crippen LogP contribution is -2.05. The van der Waals surface area contributed by atoms with Gasteiger partial charge in [-0.15, -0.1) is 0 Å². The molecule has 5 unspecified atom stereocenters. The van der Waals surface area contributed by atoms with Crippen LogP contribution in [0.25, 0.3) is 0 Å². The van der Waals surface area contributed by atoms with Crippen molar-refractivity contribution in [2.24, 2.45) is 0 Å². The fraction of sp³-hybridized carbons (Fsp3) is 0.414. The minimum absolute atomic E-state index is 0.0293. The number of benzene rings is 1. The van der Waals surface area contributed by atoms with Crippen molar-refractivity contribution < 1.29 is 31.8 Å². The van der Waals surface area contributed by atoms with Gasteiger partial charge in [0.15, 0.2) is 0 Å². The summed E-state index contributed by atoms with van der Waals surface area (Å²) in [7, 11) is 5.10. The number of hydrogen-bond donors (Lipinski definition) is 0. The second-order valence-corrected chi connectivity index (χ2v) is 10.0. The van der Waals surface area contributed by atoms with Gasteiger partial charge in [-0.3, -0.25) is 4.79 Å². The number of rotatable bonds is 20. The van der Waals surface area contributed by atoms with E-state index in [-0.39, 0.29) is 26.7 Å². The van der Waals surface area contributed by atoms with Gasteiger partial charge in [-0.1, -0.05) is 113 Å². The van der Waals surface area contributed by atoms with Gasteiger partial charge >= 0.3 is 12.1 Å². The number of unbranched alkanes of at least 4 members (excludes halogenated alkanes) is 2. The van der Waals surface area contributed by atoms with Crippen molar-refractivity contribution in [2.45, 2.75) is 76.4 Å². The molecular formula is C29H40F3O4P3. The summed E-state index contributed by atoms with van der Waals surface area (Å²) in [4.78, 5) is 11.9. The van der Waals surface area contributed by atoms with Gasteiger partial charge in [0.25, 0.3) is 0 Å². The van der Waals surface area contributed by atoms with Crippen LogP contribution in [0.4, 0.5) is 13.2 Å². The maximum absolute atomic E-state index is 12.1. The molecule has 0 aliphatic heterocycles. The van der Waals surface area contributed by atoms with Gasteiger partial charge in [-0.2, -0.15) is 13.2 Å². The van der Waals surface area contributed by atoms with Crippen LogP contribution in [0.2, 0.25) is 0 Å². The van der Waals surface area contributed by atoms with E-state index in [0.29, 0.717) is 25.9 Å². The number of alkyl halides is 3. The van der Waals surface area contributed by atoms with Crippen molar-refractivity contribution in [1.29, 1.82) is 0 Å². The van der Waals surface area contributed by atoms with Crippen molar-refractivity contribution >= 4 is 32.9 Å². The summed E-state index contributed by atoms with van der Waals surface area (Å²) in [5, 5.41) is 0. The molecule has 216 valence electrons. The first kappa shape index (κ1) is 35.4. The molecule has 0 radical (unpaired) electrons. The lowest BCUT2D eigenvalue weighted by atomic mass is 10.1. The molecule has 0 amide bonds. The molecule has 0 aromatic heterocycles. The van der Waals surface area contributed by atoms with Gasteiger partial charge in [-0.05, 0) is 31.2 Å². The molecule has 0 heterocycles. The highest BCUT2D eigenvalue weighted by atomic mass is 32.0. The van der Waals surface area contributed by atoms with Crippen molar-refractivity contribution in [3.05, 3.63) is 96.7 Å². The van der Waals surface area contributed by atoms with Crippen LogP contribution in [0.3, 0.4) is 0 Å². The van der Waals surface area contributed by atoms with E-state index in [1.807, 2.05) is 78.9 Å². The Kier molecular flexibility index (Phi) is 21.0. The maximum Gasteiger partial charge on any atom is 0.392 e. The van der Waals surface area contributed by atoms with Crippen LogP contribution >= 0.6 is 26.9 Å². The Hall–Kier alpha value is -1.61. The van der Waals surface area contributed by atoms with Crippen LogP contribution in [0.5, 0.6) is 0 Å². The second-order valence-electron chi connectivity index (χ2n) is 8.58. The van der Waals surface area contributed by atoms with Crippen LogP contribution in [0, 0.1) is 0 Å². The van der Waals surface area contributed by atoms with Gasteiger partial charge in [0.05, 0.1) is 18.6 Å². The predicted octanol–water partition coefficient (Wildman–Crippen LogP) is 9.14. The molecule has 10 heteroatoms. The minimum Gasteiger partial charge on any atom is -0.461 e. The van der Waals surface area contributed by atoms with E-state index in [1.165, 1.54) is 6.08 Å². The fourth-order valence-electron chi connectivity index (χ4n) is 3.29. The van der Waals surface area contributed by atoms with Gasteiger partial charge in [-0.25, -0.2) is 0 Å². The van der Waals surface area contributed by atoms with Crippen LogP contribution < -0.4 is 0 Å². The first-order valence-corrected chi connectivity index (χ1v) is 16.1. The first-order valence-electron chi connectivity index (χ1n) is 12.9. The SMILES string of the molecule is O=C(CCCCCC(/C=C/C=C/C=C\C(C/C=C\C/C=C\CC(F)(F)F)OPP)OP)OCc1ccccc1. The van der Waals surface area contributed by atoms with E-state index in [2.05, 4.69) is 18.4 Å². The Balaban J connectivity index is 2.24. The Morgan fingerprint density at radius 3 is 2.28 bits per heavy atom. The van der Waals surface area contributed by atoms with Crippen molar-refractivity contribution in [3.8, 4) is 0 Å². The molecule has 0 saturated carbocycles. The second kappa shape index (κ2) is 23.1. The third-order valence-electron chi connectivity index (χ3n) is 5.31. The van der Waals surface area contributed by atoms with Gasteiger partial charge in [0.1, 0.15) is 6.61 Å². The van der Waals surface area contributed by atoms with Gasteiger partial charge < -0.3 is 13.8 Å².